The maximum absolute atomic E-state index is 13.9. The summed E-state index contributed by atoms with van der Waals surface area (Å²) in [5.41, 5.74) is 0.781. The van der Waals surface area contributed by atoms with Crippen LogP contribution in [0.25, 0.3) is 10.2 Å². The quantitative estimate of drug-likeness (QED) is 0.391. The van der Waals surface area contributed by atoms with Crippen LogP contribution in [0.15, 0.2) is 61.2 Å². The van der Waals surface area contributed by atoms with Crippen molar-refractivity contribution in [3.05, 3.63) is 67.0 Å². The summed E-state index contributed by atoms with van der Waals surface area (Å²) < 4.78 is 27.4. The van der Waals surface area contributed by atoms with E-state index in [9.17, 15) is 9.18 Å². The Morgan fingerprint density at radius 2 is 2.13 bits per heavy atom. The number of nitrogens with zero attached hydrogens (tertiary/aromatic N) is 4. The van der Waals surface area contributed by atoms with E-state index in [2.05, 4.69) is 9.97 Å². The zero-order valence-electron chi connectivity index (χ0n) is 16.9. The van der Waals surface area contributed by atoms with E-state index in [1.807, 2.05) is 29.0 Å². The van der Waals surface area contributed by atoms with E-state index >= 15 is 0 Å². The fourth-order valence-corrected chi connectivity index (χ4v) is 4.11. The predicted octanol–water partition coefficient (Wildman–Crippen LogP) is 4.14. The Hall–Kier alpha value is -3.46. The highest BCUT2D eigenvalue weighted by Gasteiger charge is 2.21. The normalized spacial score (nSPS) is 10.9. The molecule has 0 saturated heterocycles. The molecule has 2 heterocycles. The van der Waals surface area contributed by atoms with Gasteiger partial charge in [0.15, 0.2) is 23.3 Å². The van der Waals surface area contributed by atoms with Crippen molar-refractivity contribution in [1.82, 2.24) is 14.5 Å². The third-order valence-corrected chi connectivity index (χ3v) is 5.70. The fraction of sp³-hybridized carbons (Fsp3) is 0.227. The molecule has 7 nitrogen and oxygen atoms in total. The summed E-state index contributed by atoms with van der Waals surface area (Å²) in [6.45, 7) is 0.858. The molecular weight excluding hydrogens is 419 g/mol. The standard InChI is InChI=1S/C22H21FN4O3S/c1-29-16-7-8-18-20(13-16)31-22(25-18)27(11-4-10-26-12-9-24-15-26)21(28)14-30-19-6-3-2-5-17(19)23/h2-3,5-9,12-13,15H,4,10-11,14H2,1H3. The zero-order chi connectivity index (χ0) is 21.6. The van der Waals surface area contributed by atoms with Gasteiger partial charge >= 0.3 is 0 Å². The average Bonchev–Trinajstić information content (AvgIpc) is 3.45. The summed E-state index contributed by atoms with van der Waals surface area (Å²) in [5.74, 6) is -0.0271. The molecule has 0 spiro atoms. The van der Waals surface area contributed by atoms with Gasteiger partial charge in [-0.25, -0.2) is 14.4 Å². The molecule has 4 rings (SSSR count). The van der Waals surface area contributed by atoms with Gasteiger partial charge in [-0.3, -0.25) is 9.69 Å². The van der Waals surface area contributed by atoms with Crippen molar-refractivity contribution in [2.45, 2.75) is 13.0 Å². The summed E-state index contributed by atoms with van der Waals surface area (Å²) in [6.07, 6.45) is 6.02. The van der Waals surface area contributed by atoms with E-state index < -0.39 is 5.82 Å². The number of hydrogen-bond acceptors (Lipinski definition) is 6. The van der Waals surface area contributed by atoms with E-state index in [0.717, 1.165) is 16.0 Å². The van der Waals surface area contributed by atoms with Gasteiger partial charge in [-0.1, -0.05) is 23.5 Å². The third-order valence-electron chi connectivity index (χ3n) is 4.66. The van der Waals surface area contributed by atoms with Crippen LogP contribution in [0.5, 0.6) is 11.5 Å². The maximum Gasteiger partial charge on any atom is 0.266 e. The first-order chi connectivity index (χ1) is 15.1. The Morgan fingerprint density at radius 3 is 2.90 bits per heavy atom. The van der Waals surface area contributed by atoms with Crippen LogP contribution in [0.2, 0.25) is 0 Å². The molecule has 0 atom stereocenters. The molecule has 0 N–H and O–H groups in total. The Bertz CT molecular complexity index is 1160. The van der Waals surface area contributed by atoms with Crippen molar-refractivity contribution in [1.29, 1.82) is 0 Å². The molecule has 0 unspecified atom stereocenters. The van der Waals surface area contributed by atoms with E-state index in [4.69, 9.17) is 9.47 Å². The van der Waals surface area contributed by atoms with Gasteiger partial charge in [-0.15, -0.1) is 0 Å². The van der Waals surface area contributed by atoms with Gasteiger partial charge in [0.05, 0.1) is 23.7 Å². The number of aromatic nitrogens is 3. The second kappa shape index (κ2) is 9.57. The fourth-order valence-electron chi connectivity index (χ4n) is 3.07. The molecule has 0 aliphatic heterocycles. The summed E-state index contributed by atoms with van der Waals surface area (Å²) in [7, 11) is 1.61. The minimum Gasteiger partial charge on any atom is -0.497 e. The third kappa shape index (κ3) is 5.00. The van der Waals surface area contributed by atoms with Crippen molar-refractivity contribution in [3.63, 3.8) is 0 Å². The number of rotatable bonds is 9. The second-order valence-corrected chi connectivity index (χ2v) is 7.76. The number of para-hydroxylation sites is 1. The Kier molecular flexibility index (Phi) is 6.42. The Morgan fingerprint density at radius 1 is 1.26 bits per heavy atom. The number of halogens is 1. The lowest BCUT2D eigenvalue weighted by molar-refractivity contribution is -0.120. The number of hydrogen-bond donors (Lipinski definition) is 0. The molecule has 4 aromatic rings. The van der Waals surface area contributed by atoms with Crippen LogP contribution in [-0.2, 0) is 11.3 Å². The van der Waals surface area contributed by atoms with Gasteiger partial charge in [0.25, 0.3) is 5.91 Å². The van der Waals surface area contributed by atoms with Crippen LogP contribution in [0.4, 0.5) is 9.52 Å². The molecule has 0 bridgehead atoms. The minimum atomic E-state index is -0.506. The number of ether oxygens (including phenoxy) is 2. The van der Waals surface area contributed by atoms with Crippen LogP contribution < -0.4 is 14.4 Å². The average molecular weight is 441 g/mol. The Labute approximate surface area is 182 Å². The number of fused-ring (bicyclic) bond motifs is 1. The van der Waals surface area contributed by atoms with Crippen LogP contribution in [-0.4, -0.2) is 40.7 Å². The van der Waals surface area contributed by atoms with E-state index in [1.165, 1.54) is 23.5 Å². The van der Waals surface area contributed by atoms with Crippen LogP contribution in [0, 0.1) is 5.82 Å². The first-order valence-electron chi connectivity index (χ1n) is 9.72. The number of methoxy groups -OCH3 is 1. The molecule has 2 aromatic carbocycles. The maximum atomic E-state index is 13.9. The molecule has 31 heavy (non-hydrogen) atoms. The summed E-state index contributed by atoms with van der Waals surface area (Å²) in [5, 5.41) is 0.566. The van der Waals surface area contributed by atoms with Crippen molar-refractivity contribution in [2.24, 2.45) is 0 Å². The molecule has 0 fully saturated rings. The molecule has 0 saturated carbocycles. The number of amides is 1. The van der Waals surface area contributed by atoms with Gasteiger partial charge in [-0.2, -0.15) is 0 Å². The summed E-state index contributed by atoms with van der Waals surface area (Å²) in [6, 6.07) is 11.6. The number of carbonyl (C=O) groups is 1. The number of thiazole rings is 1. The molecule has 160 valence electrons. The lowest BCUT2D eigenvalue weighted by Gasteiger charge is -2.20. The molecule has 0 aliphatic rings. The van der Waals surface area contributed by atoms with Gasteiger partial charge < -0.3 is 14.0 Å². The van der Waals surface area contributed by atoms with Gasteiger partial charge in [-0.05, 0) is 36.8 Å². The van der Waals surface area contributed by atoms with Crippen LogP contribution in [0.3, 0.4) is 0 Å². The first kappa shape index (κ1) is 20.8. The summed E-state index contributed by atoms with van der Waals surface area (Å²) >= 11 is 1.40. The monoisotopic (exact) mass is 440 g/mol. The molecule has 2 aromatic heterocycles. The predicted molar refractivity (Wildman–Crippen MR) is 117 cm³/mol. The highest BCUT2D eigenvalue weighted by molar-refractivity contribution is 7.22. The van der Waals surface area contributed by atoms with E-state index in [0.29, 0.717) is 24.6 Å². The smallest absolute Gasteiger partial charge is 0.266 e. The number of imidazole rings is 1. The van der Waals surface area contributed by atoms with Gasteiger partial charge in [0.1, 0.15) is 5.75 Å². The summed E-state index contributed by atoms with van der Waals surface area (Å²) in [4.78, 5) is 23.3. The van der Waals surface area contributed by atoms with E-state index in [1.54, 1.807) is 36.7 Å². The topological polar surface area (TPSA) is 69.5 Å². The number of carbonyl (C=O) groups excluding carboxylic acids is 1. The minimum absolute atomic E-state index is 0.0447. The molecule has 1 amide bonds. The van der Waals surface area contributed by atoms with Crippen LogP contribution >= 0.6 is 11.3 Å². The van der Waals surface area contributed by atoms with Crippen molar-refractivity contribution in [3.8, 4) is 11.5 Å². The zero-order valence-corrected chi connectivity index (χ0v) is 17.7. The first-order valence-corrected chi connectivity index (χ1v) is 10.5. The van der Waals surface area contributed by atoms with Gasteiger partial charge in [0, 0.05) is 25.5 Å². The van der Waals surface area contributed by atoms with Crippen LogP contribution in [0.1, 0.15) is 6.42 Å². The lowest BCUT2D eigenvalue weighted by Crippen LogP contribution is -2.36. The van der Waals surface area contributed by atoms with Crippen molar-refractivity contribution in [2.75, 3.05) is 25.2 Å². The molecule has 0 radical (unpaired) electrons. The SMILES string of the molecule is COc1ccc2nc(N(CCCn3ccnc3)C(=O)COc3ccccc3F)sc2c1. The number of anilines is 1. The van der Waals surface area contributed by atoms with Gasteiger partial charge in [0.2, 0.25) is 0 Å². The highest BCUT2D eigenvalue weighted by atomic mass is 32.1. The lowest BCUT2D eigenvalue weighted by atomic mass is 10.3. The molecule has 0 aliphatic carbocycles. The second-order valence-electron chi connectivity index (χ2n) is 6.75. The molecule has 9 heteroatoms. The molecular formula is C22H21FN4O3S. The van der Waals surface area contributed by atoms with Crippen molar-refractivity contribution < 1.29 is 18.7 Å². The Balaban J connectivity index is 1.52. The number of aryl methyl sites for hydroxylation is 1. The van der Waals surface area contributed by atoms with E-state index in [-0.39, 0.29) is 18.3 Å². The number of benzene rings is 2. The van der Waals surface area contributed by atoms with Crippen molar-refractivity contribution >= 4 is 32.6 Å². The highest BCUT2D eigenvalue weighted by Crippen LogP contribution is 2.31. The largest absolute Gasteiger partial charge is 0.497 e.